The Morgan fingerprint density at radius 3 is 3.24 bits per heavy atom. The second-order valence-electron chi connectivity index (χ2n) is 4.65. The van der Waals surface area contributed by atoms with Gasteiger partial charge in [-0.05, 0) is 12.8 Å². The van der Waals surface area contributed by atoms with E-state index in [4.69, 9.17) is 4.74 Å². The van der Waals surface area contributed by atoms with Crippen molar-refractivity contribution in [2.24, 2.45) is 5.92 Å². The highest BCUT2D eigenvalue weighted by atomic mass is 16.5. The third-order valence-corrected chi connectivity index (χ3v) is 3.57. The average molecular weight is 233 g/mol. The van der Waals surface area contributed by atoms with E-state index in [1.165, 1.54) is 0 Å². The number of amides is 1. The van der Waals surface area contributed by atoms with E-state index in [9.17, 15) is 4.79 Å². The summed E-state index contributed by atoms with van der Waals surface area (Å²) in [5.41, 5.74) is 0.712. The zero-order valence-corrected chi connectivity index (χ0v) is 9.50. The van der Waals surface area contributed by atoms with Crippen LogP contribution in [0.3, 0.4) is 0 Å². The maximum Gasteiger partial charge on any atom is 0.226 e. The van der Waals surface area contributed by atoms with E-state index >= 15 is 0 Å². The molecule has 90 valence electrons. The molecule has 0 bridgehead atoms. The van der Waals surface area contributed by atoms with Gasteiger partial charge in [0.2, 0.25) is 5.91 Å². The van der Waals surface area contributed by atoms with Crippen molar-refractivity contribution < 1.29 is 9.53 Å². The molecule has 1 saturated heterocycles. The Morgan fingerprint density at radius 1 is 1.53 bits per heavy atom. The predicted octanol–water partition coefficient (Wildman–Crippen LogP) is 0.313. The zero-order valence-electron chi connectivity index (χ0n) is 9.50. The highest BCUT2D eigenvalue weighted by Crippen LogP contribution is 2.38. The average Bonchev–Trinajstić information content (AvgIpc) is 2.69. The second kappa shape index (κ2) is 4.41. The van der Waals surface area contributed by atoms with E-state index in [0.29, 0.717) is 30.2 Å². The van der Waals surface area contributed by atoms with Crippen LogP contribution in [-0.4, -0.2) is 34.6 Å². The molecule has 0 aromatic carbocycles. The SMILES string of the molecule is O=C(Cc1cnccn1)N[C@H]1C[C@@H]2OCC[C@H]12. The summed E-state index contributed by atoms with van der Waals surface area (Å²) >= 11 is 0. The fraction of sp³-hybridized carbons (Fsp3) is 0.583. The molecule has 1 aromatic heterocycles. The number of carbonyl (C=O) groups is 1. The number of hydrogen-bond acceptors (Lipinski definition) is 4. The molecule has 3 atom stereocenters. The van der Waals surface area contributed by atoms with Crippen LogP contribution in [0.5, 0.6) is 0 Å². The van der Waals surface area contributed by atoms with Gasteiger partial charge in [0.1, 0.15) is 0 Å². The maximum atomic E-state index is 11.8. The predicted molar refractivity (Wildman–Crippen MR) is 60.1 cm³/mol. The minimum Gasteiger partial charge on any atom is -0.378 e. The van der Waals surface area contributed by atoms with E-state index in [0.717, 1.165) is 19.4 Å². The van der Waals surface area contributed by atoms with Crippen molar-refractivity contribution in [3.05, 3.63) is 24.3 Å². The Kier molecular flexibility index (Phi) is 2.76. The molecular formula is C12H15N3O2. The fourth-order valence-electron chi connectivity index (χ4n) is 2.61. The normalized spacial score (nSPS) is 30.5. The summed E-state index contributed by atoms with van der Waals surface area (Å²) < 4.78 is 5.51. The van der Waals surface area contributed by atoms with Gasteiger partial charge in [-0.1, -0.05) is 0 Å². The Labute approximate surface area is 99.6 Å². The molecule has 2 aliphatic rings. The second-order valence-corrected chi connectivity index (χ2v) is 4.65. The van der Waals surface area contributed by atoms with Crippen molar-refractivity contribution >= 4 is 5.91 Å². The molecule has 1 aromatic rings. The quantitative estimate of drug-likeness (QED) is 0.816. The van der Waals surface area contributed by atoms with E-state index in [2.05, 4.69) is 15.3 Å². The van der Waals surface area contributed by atoms with Gasteiger partial charge in [-0.2, -0.15) is 0 Å². The van der Waals surface area contributed by atoms with Crippen LogP contribution in [0.2, 0.25) is 0 Å². The molecule has 1 N–H and O–H groups in total. The molecule has 0 spiro atoms. The molecule has 5 heteroatoms. The molecule has 1 aliphatic carbocycles. The number of hydrogen-bond donors (Lipinski definition) is 1. The molecule has 1 amide bonds. The minimum absolute atomic E-state index is 0.0286. The summed E-state index contributed by atoms with van der Waals surface area (Å²) in [5, 5.41) is 3.05. The third kappa shape index (κ3) is 2.15. The van der Waals surface area contributed by atoms with Crippen molar-refractivity contribution in [1.82, 2.24) is 15.3 Å². The summed E-state index contributed by atoms with van der Waals surface area (Å²) in [6.45, 7) is 0.839. The molecule has 1 saturated carbocycles. The van der Waals surface area contributed by atoms with E-state index < -0.39 is 0 Å². The van der Waals surface area contributed by atoms with E-state index in [-0.39, 0.29) is 5.91 Å². The van der Waals surface area contributed by atoms with Gasteiger partial charge < -0.3 is 10.1 Å². The summed E-state index contributed by atoms with van der Waals surface area (Å²) in [6.07, 6.45) is 7.56. The van der Waals surface area contributed by atoms with Crippen LogP contribution < -0.4 is 5.32 Å². The van der Waals surface area contributed by atoms with Crippen molar-refractivity contribution in [2.45, 2.75) is 31.4 Å². The summed E-state index contributed by atoms with van der Waals surface area (Å²) in [6, 6.07) is 0.298. The van der Waals surface area contributed by atoms with Crippen LogP contribution in [0.1, 0.15) is 18.5 Å². The number of carbonyl (C=O) groups excluding carboxylic acids is 1. The monoisotopic (exact) mass is 233 g/mol. The third-order valence-electron chi connectivity index (χ3n) is 3.57. The van der Waals surface area contributed by atoms with Gasteiger partial charge in [-0.25, -0.2) is 0 Å². The van der Waals surface area contributed by atoms with Gasteiger partial charge >= 0.3 is 0 Å². The van der Waals surface area contributed by atoms with E-state index in [1.807, 2.05) is 0 Å². The van der Waals surface area contributed by atoms with Gasteiger partial charge in [0, 0.05) is 37.2 Å². The lowest BCUT2D eigenvalue weighted by Gasteiger charge is -2.39. The van der Waals surface area contributed by atoms with Crippen LogP contribution in [-0.2, 0) is 16.0 Å². The van der Waals surface area contributed by atoms with Crippen molar-refractivity contribution in [3.8, 4) is 0 Å². The molecule has 2 fully saturated rings. The van der Waals surface area contributed by atoms with Gasteiger partial charge in [-0.15, -0.1) is 0 Å². The van der Waals surface area contributed by atoms with Gasteiger partial charge in [-0.3, -0.25) is 14.8 Å². The first-order chi connectivity index (χ1) is 8.33. The highest BCUT2D eigenvalue weighted by molar-refractivity contribution is 5.78. The number of rotatable bonds is 3. The Morgan fingerprint density at radius 2 is 2.47 bits per heavy atom. The summed E-state index contributed by atoms with van der Waals surface area (Å²) in [7, 11) is 0. The zero-order chi connectivity index (χ0) is 11.7. The molecule has 5 nitrogen and oxygen atoms in total. The first kappa shape index (κ1) is 10.7. The Balaban J connectivity index is 1.51. The first-order valence-electron chi connectivity index (χ1n) is 5.99. The van der Waals surface area contributed by atoms with Crippen LogP contribution in [0.15, 0.2) is 18.6 Å². The first-order valence-corrected chi connectivity index (χ1v) is 5.99. The van der Waals surface area contributed by atoms with Gasteiger partial charge in [0.05, 0.1) is 18.2 Å². The number of aromatic nitrogens is 2. The molecule has 1 aliphatic heterocycles. The van der Waals surface area contributed by atoms with Crippen molar-refractivity contribution in [3.63, 3.8) is 0 Å². The van der Waals surface area contributed by atoms with Crippen LogP contribution >= 0.6 is 0 Å². The molecule has 0 radical (unpaired) electrons. The van der Waals surface area contributed by atoms with Crippen molar-refractivity contribution in [2.75, 3.05) is 6.61 Å². The van der Waals surface area contributed by atoms with Crippen molar-refractivity contribution in [1.29, 1.82) is 0 Å². The number of fused-ring (bicyclic) bond motifs is 1. The number of nitrogens with zero attached hydrogens (tertiary/aromatic N) is 2. The topological polar surface area (TPSA) is 64.1 Å². The molecule has 17 heavy (non-hydrogen) atoms. The standard InChI is InChI=1S/C12H15N3O2/c16-12(5-8-7-13-2-3-14-8)15-10-6-11-9(10)1-4-17-11/h2-3,7,9-11H,1,4-6H2,(H,15,16)/t9-,10+,11+/m1/s1. The number of nitrogens with one attached hydrogen (secondary N) is 1. The van der Waals surface area contributed by atoms with Gasteiger partial charge in [0.15, 0.2) is 0 Å². The molecule has 3 rings (SSSR count). The lowest BCUT2D eigenvalue weighted by atomic mass is 9.76. The Hall–Kier alpha value is -1.49. The van der Waals surface area contributed by atoms with E-state index in [1.54, 1.807) is 18.6 Å². The summed E-state index contributed by atoms with van der Waals surface area (Å²) in [5.74, 6) is 0.557. The van der Waals surface area contributed by atoms with Crippen LogP contribution in [0.4, 0.5) is 0 Å². The highest BCUT2D eigenvalue weighted by Gasteiger charge is 2.45. The lowest BCUT2D eigenvalue weighted by Crippen LogP contribution is -2.53. The minimum atomic E-state index is 0.0286. The fourth-order valence-corrected chi connectivity index (χ4v) is 2.61. The maximum absolute atomic E-state index is 11.8. The molecule has 2 heterocycles. The molecule has 0 unspecified atom stereocenters. The smallest absolute Gasteiger partial charge is 0.226 e. The van der Waals surface area contributed by atoms with Gasteiger partial charge in [0.25, 0.3) is 0 Å². The lowest BCUT2D eigenvalue weighted by molar-refractivity contribution is -0.123. The van der Waals surface area contributed by atoms with Crippen LogP contribution in [0.25, 0.3) is 0 Å². The summed E-state index contributed by atoms with van der Waals surface area (Å²) in [4.78, 5) is 19.8. The number of ether oxygens (including phenoxy) is 1. The largest absolute Gasteiger partial charge is 0.378 e. The Bertz CT molecular complexity index is 409. The molecular weight excluding hydrogens is 218 g/mol. The van der Waals surface area contributed by atoms with Crippen LogP contribution in [0, 0.1) is 5.92 Å².